The Morgan fingerprint density at radius 1 is 1.58 bits per heavy atom. The van der Waals surface area contributed by atoms with Gasteiger partial charge in [0.25, 0.3) is 0 Å². The molecule has 8 nitrogen and oxygen atoms in total. The second-order valence-electron chi connectivity index (χ2n) is 4.78. The molecule has 19 heavy (non-hydrogen) atoms. The van der Waals surface area contributed by atoms with Crippen LogP contribution in [0.15, 0.2) is 9.95 Å². The van der Waals surface area contributed by atoms with Crippen LogP contribution < -0.4 is 0 Å². The van der Waals surface area contributed by atoms with Crippen LogP contribution in [0, 0.1) is 10.1 Å². The van der Waals surface area contributed by atoms with Gasteiger partial charge in [0.15, 0.2) is 0 Å². The number of ether oxygens (including phenoxy) is 1. The molecule has 1 aromatic heterocycles. The fraction of sp³-hybridized carbons (Fsp3) is 0.700. The molecule has 2 fully saturated rings. The van der Waals surface area contributed by atoms with Crippen LogP contribution in [-0.2, 0) is 30.2 Å². The summed E-state index contributed by atoms with van der Waals surface area (Å²) in [6.45, 7) is 0.569. The molecule has 0 radical (unpaired) electrons. The Kier molecular flexibility index (Phi) is 3.29. The summed E-state index contributed by atoms with van der Waals surface area (Å²) in [5.41, 5.74) is 0.606. The van der Waals surface area contributed by atoms with Gasteiger partial charge in [-0.25, -0.2) is 0 Å². The number of nitrogens with zero attached hydrogens (tertiary/aromatic N) is 5. The second kappa shape index (κ2) is 4.82. The maximum atomic E-state index is 11.0. The van der Waals surface area contributed by atoms with Gasteiger partial charge in [-0.3, -0.25) is 0 Å². The minimum absolute atomic E-state index is 0.0431. The predicted molar refractivity (Wildman–Crippen MR) is 59.6 cm³/mol. The number of hydrogen-bond acceptors (Lipinski definition) is 6. The van der Waals surface area contributed by atoms with E-state index >= 15 is 0 Å². The summed E-state index contributed by atoms with van der Waals surface area (Å²) in [5.74, 6) is 0. The molecule has 2 aliphatic rings. The van der Waals surface area contributed by atoms with Gasteiger partial charge in [0, 0.05) is 0 Å². The Bertz CT molecular complexity index is 519. The van der Waals surface area contributed by atoms with E-state index in [0.717, 1.165) is 12.8 Å². The third kappa shape index (κ3) is 2.16. The summed E-state index contributed by atoms with van der Waals surface area (Å²) in [4.78, 5) is 10.6. The van der Waals surface area contributed by atoms with Crippen molar-refractivity contribution in [2.45, 2.75) is 31.0 Å². The molecule has 2 saturated heterocycles. The van der Waals surface area contributed by atoms with E-state index in [0.29, 0.717) is 24.4 Å². The molecule has 0 aromatic carbocycles. The van der Waals surface area contributed by atoms with E-state index in [-0.39, 0.29) is 11.8 Å². The average Bonchev–Trinajstić information content (AvgIpc) is 2.98. The molecule has 0 amide bonds. The molecule has 3 heterocycles. The monoisotopic (exact) mass is 443 g/mol. The first-order valence-electron chi connectivity index (χ1n) is 6.00. The first kappa shape index (κ1) is 13.0. The molecule has 2 aliphatic heterocycles. The van der Waals surface area contributed by atoms with Crippen LogP contribution in [0.2, 0.25) is 0 Å². The van der Waals surface area contributed by atoms with Gasteiger partial charge < -0.3 is 0 Å². The number of rotatable bonds is 3. The zero-order valence-electron chi connectivity index (χ0n) is 10.2. The first-order chi connectivity index (χ1) is 9.13. The molecular formula is C10H13N5O3Os. The van der Waals surface area contributed by atoms with Crippen LogP contribution in [0.5, 0.6) is 0 Å². The minimum atomic E-state index is -0.397. The van der Waals surface area contributed by atoms with E-state index in [9.17, 15) is 10.1 Å². The Labute approximate surface area is 119 Å². The number of hydrogen-bond donors (Lipinski definition) is 0. The molecule has 3 rings (SSSR count). The van der Waals surface area contributed by atoms with Gasteiger partial charge in [-0.05, 0) is 0 Å². The van der Waals surface area contributed by atoms with Gasteiger partial charge in [0.2, 0.25) is 0 Å². The molecule has 9 heteroatoms. The van der Waals surface area contributed by atoms with E-state index in [4.69, 9.17) is 4.74 Å². The SMILES string of the molecule is Cn1ncc([N+](=O)[O-])c1C1CC[C@@H]2[C@H](CO1)N2[N]=[Os]. The van der Waals surface area contributed by atoms with E-state index in [1.54, 1.807) is 30.1 Å². The van der Waals surface area contributed by atoms with E-state index < -0.39 is 4.92 Å². The number of aryl methyl sites for hydroxylation is 1. The molecule has 0 saturated carbocycles. The van der Waals surface area contributed by atoms with Crippen molar-refractivity contribution >= 4 is 5.69 Å². The molecule has 0 spiro atoms. The number of fused-ring (bicyclic) bond motifs is 1. The number of aromatic nitrogens is 2. The van der Waals surface area contributed by atoms with Crippen LogP contribution in [0.1, 0.15) is 24.6 Å². The van der Waals surface area contributed by atoms with Crippen LogP contribution in [0.4, 0.5) is 5.69 Å². The Morgan fingerprint density at radius 3 is 3.05 bits per heavy atom. The second-order valence-corrected chi connectivity index (χ2v) is 5.29. The molecular weight excluding hydrogens is 428 g/mol. The van der Waals surface area contributed by atoms with Gasteiger partial charge in [-0.2, -0.15) is 0 Å². The Hall–Kier alpha value is -1.03. The molecule has 0 aliphatic carbocycles. The Balaban J connectivity index is 1.79. The van der Waals surface area contributed by atoms with Crippen LogP contribution in [-0.4, -0.2) is 38.4 Å². The summed E-state index contributed by atoms with van der Waals surface area (Å²) in [5, 5.41) is 17.0. The van der Waals surface area contributed by atoms with Crippen molar-refractivity contribution in [1.82, 2.24) is 14.8 Å². The third-order valence-corrected chi connectivity index (χ3v) is 4.36. The fourth-order valence-corrected chi connectivity index (χ4v) is 3.48. The number of nitro groups is 1. The van der Waals surface area contributed by atoms with Gasteiger partial charge >= 0.3 is 119 Å². The average molecular weight is 441 g/mol. The maximum absolute atomic E-state index is 11.0. The van der Waals surface area contributed by atoms with Crippen molar-refractivity contribution in [1.29, 1.82) is 0 Å². The fourth-order valence-electron chi connectivity index (χ4n) is 2.72. The summed E-state index contributed by atoms with van der Waals surface area (Å²) >= 11 is 1.58. The van der Waals surface area contributed by atoms with Gasteiger partial charge in [0.05, 0.1) is 0 Å². The third-order valence-electron chi connectivity index (χ3n) is 3.77. The first-order valence-corrected chi connectivity index (χ1v) is 7.14. The standard InChI is InChI=1S/C10H13N5O3.Os/c1-13-10(7(4-12-13)15(16)17)9-3-2-6-8(5-18-9)14(6)11;/h4,6,8-9H,2-3,5H2,1H3;/t6-,8+,9?,14?;/m1./s1. The molecule has 104 valence electrons. The molecule has 0 N–H and O–H groups in total. The van der Waals surface area contributed by atoms with Crippen LogP contribution >= 0.6 is 0 Å². The Morgan fingerprint density at radius 2 is 2.37 bits per heavy atom. The normalized spacial score (nSPS) is 33.4. The summed E-state index contributed by atoms with van der Waals surface area (Å²) in [6.07, 6.45) is 2.75. The van der Waals surface area contributed by atoms with Crippen molar-refractivity contribution in [3.05, 3.63) is 22.0 Å². The summed E-state index contributed by atoms with van der Waals surface area (Å²) in [7, 11) is 1.71. The van der Waals surface area contributed by atoms with Gasteiger partial charge in [-0.1, -0.05) is 0 Å². The molecule has 4 atom stereocenters. The van der Waals surface area contributed by atoms with Crippen molar-refractivity contribution in [3.63, 3.8) is 0 Å². The van der Waals surface area contributed by atoms with Crippen LogP contribution in [0.3, 0.4) is 0 Å². The molecule has 1 aromatic rings. The van der Waals surface area contributed by atoms with E-state index in [1.165, 1.54) is 6.20 Å². The predicted octanol–water partition coefficient (Wildman–Crippen LogP) is 0.878. The molecule has 2 unspecified atom stereocenters. The zero-order valence-corrected chi connectivity index (χ0v) is 12.8. The van der Waals surface area contributed by atoms with Crippen molar-refractivity contribution in [2.24, 2.45) is 10.8 Å². The van der Waals surface area contributed by atoms with Gasteiger partial charge in [0.1, 0.15) is 0 Å². The quantitative estimate of drug-likeness (QED) is 0.395. The van der Waals surface area contributed by atoms with Crippen molar-refractivity contribution in [2.75, 3.05) is 6.61 Å². The van der Waals surface area contributed by atoms with Gasteiger partial charge in [-0.15, -0.1) is 0 Å². The van der Waals surface area contributed by atoms with E-state index in [1.807, 2.05) is 5.01 Å². The van der Waals surface area contributed by atoms with Crippen molar-refractivity contribution < 1.29 is 28.1 Å². The van der Waals surface area contributed by atoms with Crippen molar-refractivity contribution in [3.8, 4) is 0 Å². The molecule has 0 bridgehead atoms. The topological polar surface area (TPSA) is 85.6 Å². The summed E-state index contributed by atoms with van der Waals surface area (Å²) < 4.78 is 11.6. The van der Waals surface area contributed by atoms with E-state index in [2.05, 4.69) is 8.85 Å². The van der Waals surface area contributed by atoms with Crippen LogP contribution in [0.25, 0.3) is 0 Å². The summed E-state index contributed by atoms with van der Waals surface area (Å²) in [6, 6.07) is 0.782. The zero-order chi connectivity index (χ0) is 13.6.